The standard InChI is InChI=1S/C14H22N4O/c1-14(8-5-9-19-14)12-16-11(17-13(15)18-12)10-6-3-2-4-7-10/h10H,2-9H2,1H3,(H2,15,16,17,18). The molecule has 5 heteroatoms. The summed E-state index contributed by atoms with van der Waals surface area (Å²) in [6.45, 7) is 2.83. The Morgan fingerprint density at radius 1 is 1.11 bits per heavy atom. The largest absolute Gasteiger partial charge is 0.368 e. The lowest BCUT2D eigenvalue weighted by atomic mass is 9.88. The van der Waals surface area contributed by atoms with Gasteiger partial charge in [-0.25, -0.2) is 4.98 Å². The lowest BCUT2D eigenvalue weighted by Gasteiger charge is -2.24. The maximum atomic E-state index is 5.87. The van der Waals surface area contributed by atoms with Crippen LogP contribution in [-0.2, 0) is 10.3 Å². The van der Waals surface area contributed by atoms with Gasteiger partial charge in [-0.05, 0) is 32.6 Å². The highest BCUT2D eigenvalue weighted by molar-refractivity contribution is 5.20. The minimum Gasteiger partial charge on any atom is -0.368 e. The monoisotopic (exact) mass is 262 g/mol. The number of nitrogens with zero attached hydrogens (tertiary/aromatic N) is 3. The molecule has 1 saturated heterocycles. The van der Waals surface area contributed by atoms with E-state index in [2.05, 4.69) is 21.9 Å². The van der Waals surface area contributed by atoms with Crippen molar-refractivity contribution in [2.24, 2.45) is 0 Å². The Labute approximate surface area is 114 Å². The number of ether oxygens (including phenoxy) is 1. The Morgan fingerprint density at radius 3 is 2.58 bits per heavy atom. The third-order valence-corrected chi connectivity index (χ3v) is 4.33. The maximum Gasteiger partial charge on any atom is 0.223 e. The molecular formula is C14H22N4O. The van der Waals surface area contributed by atoms with Crippen LogP contribution in [0.2, 0.25) is 0 Å². The molecule has 1 aliphatic heterocycles. The van der Waals surface area contributed by atoms with Crippen molar-refractivity contribution in [1.29, 1.82) is 0 Å². The van der Waals surface area contributed by atoms with Gasteiger partial charge >= 0.3 is 0 Å². The van der Waals surface area contributed by atoms with Crippen molar-refractivity contribution in [2.45, 2.75) is 63.4 Å². The van der Waals surface area contributed by atoms with Crippen LogP contribution in [-0.4, -0.2) is 21.6 Å². The molecule has 19 heavy (non-hydrogen) atoms. The zero-order valence-electron chi connectivity index (χ0n) is 11.6. The number of aromatic nitrogens is 3. The average Bonchev–Trinajstić information content (AvgIpc) is 2.87. The molecule has 3 rings (SSSR count). The molecular weight excluding hydrogens is 240 g/mol. The number of anilines is 1. The van der Waals surface area contributed by atoms with Gasteiger partial charge < -0.3 is 10.5 Å². The van der Waals surface area contributed by atoms with Crippen molar-refractivity contribution in [3.8, 4) is 0 Å². The van der Waals surface area contributed by atoms with Gasteiger partial charge in [0.15, 0.2) is 5.82 Å². The van der Waals surface area contributed by atoms with Crippen LogP contribution < -0.4 is 5.73 Å². The molecule has 5 nitrogen and oxygen atoms in total. The first-order valence-electron chi connectivity index (χ1n) is 7.33. The van der Waals surface area contributed by atoms with Crippen molar-refractivity contribution in [3.05, 3.63) is 11.6 Å². The summed E-state index contributed by atoms with van der Waals surface area (Å²) in [6.07, 6.45) is 8.20. The van der Waals surface area contributed by atoms with Crippen LogP contribution in [0.15, 0.2) is 0 Å². The number of hydrogen-bond acceptors (Lipinski definition) is 5. The Balaban J connectivity index is 1.91. The summed E-state index contributed by atoms with van der Waals surface area (Å²) in [4.78, 5) is 13.4. The van der Waals surface area contributed by atoms with Crippen molar-refractivity contribution >= 4 is 5.95 Å². The molecule has 2 aliphatic rings. The molecule has 1 atom stereocenters. The first-order chi connectivity index (χ1) is 9.17. The second-order valence-electron chi connectivity index (χ2n) is 5.89. The SMILES string of the molecule is CC1(c2nc(N)nc(C3CCCCC3)n2)CCCO1. The summed E-state index contributed by atoms with van der Waals surface area (Å²) >= 11 is 0. The van der Waals surface area contributed by atoms with Gasteiger partial charge in [-0.3, -0.25) is 0 Å². The molecule has 2 fully saturated rings. The molecule has 2 heterocycles. The van der Waals surface area contributed by atoms with Crippen molar-refractivity contribution in [2.75, 3.05) is 12.3 Å². The zero-order chi connectivity index (χ0) is 13.3. The normalized spacial score (nSPS) is 28.7. The first-order valence-corrected chi connectivity index (χ1v) is 7.33. The van der Waals surface area contributed by atoms with Gasteiger partial charge in [-0.1, -0.05) is 19.3 Å². The molecule has 1 aromatic heterocycles. The molecule has 0 spiro atoms. The molecule has 0 amide bonds. The Kier molecular flexibility index (Phi) is 3.39. The molecule has 0 radical (unpaired) electrons. The number of hydrogen-bond donors (Lipinski definition) is 1. The fourth-order valence-electron chi connectivity index (χ4n) is 3.14. The summed E-state index contributed by atoms with van der Waals surface area (Å²) in [6, 6.07) is 0. The van der Waals surface area contributed by atoms with Gasteiger partial charge in [0, 0.05) is 12.5 Å². The highest BCUT2D eigenvalue weighted by atomic mass is 16.5. The van der Waals surface area contributed by atoms with E-state index in [1.807, 2.05) is 0 Å². The number of nitrogens with two attached hydrogens (primary N) is 1. The average molecular weight is 262 g/mol. The van der Waals surface area contributed by atoms with Gasteiger partial charge in [0.2, 0.25) is 5.95 Å². The molecule has 2 N–H and O–H groups in total. The minimum absolute atomic E-state index is 0.335. The molecule has 1 saturated carbocycles. The van der Waals surface area contributed by atoms with Crippen LogP contribution in [0.1, 0.15) is 69.4 Å². The van der Waals surface area contributed by atoms with Crippen LogP contribution in [0.25, 0.3) is 0 Å². The third kappa shape index (κ3) is 2.56. The molecule has 1 aliphatic carbocycles. The van der Waals surface area contributed by atoms with E-state index in [0.29, 0.717) is 11.9 Å². The highest BCUT2D eigenvalue weighted by Gasteiger charge is 2.36. The van der Waals surface area contributed by atoms with Crippen LogP contribution in [0.3, 0.4) is 0 Å². The van der Waals surface area contributed by atoms with E-state index in [-0.39, 0.29) is 5.60 Å². The predicted octanol–water partition coefficient (Wildman–Crippen LogP) is 2.53. The van der Waals surface area contributed by atoms with E-state index in [0.717, 1.165) is 31.1 Å². The second-order valence-corrected chi connectivity index (χ2v) is 5.89. The smallest absolute Gasteiger partial charge is 0.223 e. The topological polar surface area (TPSA) is 73.9 Å². The van der Waals surface area contributed by atoms with Crippen molar-refractivity contribution in [3.63, 3.8) is 0 Å². The lowest BCUT2D eigenvalue weighted by molar-refractivity contribution is 0.00896. The van der Waals surface area contributed by atoms with Crippen LogP contribution in [0.4, 0.5) is 5.95 Å². The Morgan fingerprint density at radius 2 is 1.89 bits per heavy atom. The second kappa shape index (κ2) is 5.04. The van der Waals surface area contributed by atoms with Crippen LogP contribution in [0.5, 0.6) is 0 Å². The molecule has 104 valence electrons. The van der Waals surface area contributed by atoms with E-state index in [4.69, 9.17) is 10.5 Å². The van der Waals surface area contributed by atoms with E-state index >= 15 is 0 Å². The van der Waals surface area contributed by atoms with Gasteiger partial charge in [0.05, 0.1) is 0 Å². The predicted molar refractivity (Wildman–Crippen MR) is 72.6 cm³/mol. The van der Waals surface area contributed by atoms with Gasteiger partial charge in [0.1, 0.15) is 11.4 Å². The molecule has 0 aromatic carbocycles. The van der Waals surface area contributed by atoms with E-state index in [9.17, 15) is 0 Å². The fourth-order valence-corrected chi connectivity index (χ4v) is 3.14. The summed E-state index contributed by atoms with van der Waals surface area (Å²) in [7, 11) is 0. The van der Waals surface area contributed by atoms with Gasteiger partial charge in [-0.15, -0.1) is 0 Å². The molecule has 0 bridgehead atoms. The zero-order valence-corrected chi connectivity index (χ0v) is 11.6. The number of nitrogen functional groups attached to an aromatic ring is 1. The first kappa shape index (κ1) is 12.8. The summed E-state index contributed by atoms with van der Waals surface area (Å²) in [5, 5.41) is 0. The van der Waals surface area contributed by atoms with Crippen molar-refractivity contribution < 1.29 is 4.74 Å². The highest BCUT2D eigenvalue weighted by Crippen LogP contribution is 2.35. The van der Waals surface area contributed by atoms with E-state index < -0.39 is 0 Å². The molecule has 1 aromatic rings. The third-order valence-electron chi connectivity index (χ3n) is 4.33. The molecule has 1 unspecified atom stereocenters. The van der Waals surface area contributed by atoms with Crippen molar-refractivity contribution in [1.82, 2.24) is 15.0 Å². The van der Waals surface area contributed by atoms with E-state index in [1.54, 1.807) is 0 Å². The van der Waals surface area contributed by atoms with Gasteiger partial charge in [-0.2, -0.15) is 9.97 Å². The summed E-state index contributed by atoms with van der Waals surface area (Å²) in [5.41, 5.74) is 5.50. The van der Waals surface area contributed by atoms with Crippen LogP contribution >= 0.6 is 0 Å². The lowest BCUT2D eigenvalue weighted by Crippen LogP contribution is -2.26. The number of rotatable bonds is 2. The fraction of sp³-hybridized carbons (Fsp3) is 0.786. The maximum absolute atomic E-state index is 5.87. The Hall–Kier alpha value is -1.23. The summed E-state index contributed by atoms with van der Waals surface area (Å²) < 4.78 is 5.82. The quantitative estimate of drug-likeness (QED) is 0.886. The van der Waals surface area contributed by atoms with E-state index in [1.165, 1.54) is 32.1 Å². The Bertz CT molecular complexity index is 451. The minimum atomic E-state index is -0.375. The summed E-state index contributed by atoms with van der Waals surface area (Å²) in [5.74, 6) is 2.38. The van der Waals surface area contributed by atoms with Gasteiger partial charge in [0.25, 0.3) is 0 Å². The van der Waals surface area contributed by atoms with Crippen LogP contribution in [0, 0.1) is 0 Å².